The van der Waals surface area contributed by atoms with Gasteiger partial charge in [-0.2, -0.15) is 0 Å². The summed E-state index contributed by atoms with van der Waals surface area (Å²) in [4.78, 5) is 15.1. The summed E-state index contributed by atoms with van der Waals surface area (Å²) >= 11 is 0. The van der Waals surface area contributed by atoms with E-state index < -0.39 is 14.9 Å². The fourth-order valence-electron chi connectivity index (χ4n) is 3.48. The van der Waals surface area contributed by atoms with Crippen LogP contribution in [0.25, 0.3) is 0 Å². The fourth-order valence-corrected chi connectivity index (χ4v) is 4.52. The number of likely N-dealkylation sites (N-methyl/N-ethyl adjacent to an activating group) is 1. The van der Waals surface area contributed by atoms with Gasteiger partial charge in [0.15, 0.2) is 0 Å². The van der Waals surface area contributed by atoms with Crippen molar-refractivity contribution < 1.29 is 13.3 Å². The Morgan fingerprint density at radius 1 is 1.38 bits per heavy atom. The largest absolute Gasteiger partial charge is 0.378 e. The van der Waals surface area contributed by atoms with E-state index in [9.17, 15) is 18.5 Å². The van der Waals surface area contributed by atoms with Gasteiger partial charge in [-0.1, -0.05) is 6.92 Å². The normalized spacial score (nSPS) is 19.3. The number of anilines is 1. The van der Waals surface area contributed by atoms with Crippen molar-refractivity contribution in [2.45, 2.75) is 37.6 Å². The number of piperidine rings is 1. The van der Waals surface area contributed by atoms with Crippen molar-refractivity contribution in [1.82, 2.24) is 14.5 Å². The van der Waals surface area contributed by atoms with E-state index >= 15 is 0 Å². The van der Waals surface area contributed by atoms with Gasteiger partial charge < -0.3 is 10.2 Å². The minimum absolute atomic E-state index is 0.105. The smallest absolute Gasteiger partial charge is 0.293 e. The second kappa shape index (κ2) is 10.3. The molecule has 0 saturated carbocycles. The summed E-state index contributed by atoms with van der Waals surface area (Å²) in [6.07, 6.45) is 2.40. The lowest BCUT2D eigenvalue weighted by Crippen LogP contribution is -2.43. The van der Waals surface area contributed by atoms with Gasteiger partial charge in [0.25, 0.3) is 5.69 Å². The van der Waals surface area contributed by atoms with E-state index in [1.165, 1.54) is 25.0 Å². The maximum atomic E-state index is 12.4. The molecule has 0 aliphatic carbocycles. The first-order valence-electron chi connectivity index (χ1n) is 10.0. The number of hydrogen-bond donors (Lipinski definition) is 2. The van der Waals surface area contributed by atoms with E-state index in [0.717, 1.165) is 19.2 Å². The van der Waals surface area contributed by atoms with Gasteiger partial charge in [0.2, 0.25) is 10.0 Å². The highest BCUT2D eigenvalue weighted by Gasteiger charge is 2.24. The van der Waals surface area contributed by atoms with Crippen LogP contribution in [0, 0.1) is 16.0 Å². The van der Waals surface area contributed by atoms with Gasteiger partial charge in [0.1, 0.15) is 5.69 Å². The van der Waals surface area contributed by atoms with Crippen LogP contribution < -0.4 is 10.0 Å². The summed E-state index contributed by atoms with van der Waals surface area (Å²) in [5, 5.41) is 14.7. The number of hydrogen-bond acceptors (Lipinski definition) is 7. The molecule has 0 spiro atoms. The molecule has 0 amide bonds. The Kier molecular flexibility index (Phi) is 8.38. The molecule has 0 radical (unpaired) electrons. The second-order valence-electron chi connectivity index (χ2n) is 8.11. The van der Waals surface area contributed by atoms with Gasteiger partial charge in [-0.15, -0.1) is 0 Å². The zero-order chi connectivity index (χ0) is 21.6. The van der Waals surface area contributed by atoms with E-state index in [2.05, 4.69) is 28.8 Å². The van der Waals surface area contributed by atoms with Crippen molar-refractivity contribution in [3.63, 3.8) is 0 Å². The topological polar surface area (TPSA) is 108 Å². The highest BCUT2D eigenvalue weighted by Crippen LogP contribution is 2.28. The fraction of sp³-hybridized carbons (Fsp3) is 0.684. The molecule has 1 saturated heterocycles. The van der Waals surface area contributed by atoms with E-state index in [0.29, 0.717) is 24.7 Å². The molecule has 10 heteroatoms. The highest BCUT2D eigenvalue weighted by molar-refractivity contribution is 7.89. The molecule has 1 aliphatic rings. The van der Waals surface area contributed by atoms with Gasteiger partial charge >= 0.3 is 0 Å². The van der Waals surface area contributed by atoms with Crippen LogP contribution in [-0.2, 0) is 10.0 Å². The van der Waals surface area contributed by atoms with E-state index in [1.807, 2.05) is 19.0 Å². The summed E-state index contributed by atoms with van der Waals surface area (Å²) in [6.45, 7) is 7.72. The van der Waals surface area contributed by atoms with Gasteiger partial charge in [0, 0.05) is 38.3 Å². The van der Waals surface area contributed by atoms with Crippen LogP contribution in [0.1, 0.15) is 26.7 Å². The molecule has 1 aromatic rings. The number of likely N-dealkylation sites (tertiary alicyclic amines) is 1. The Labute approximate surface area is 173 Å². The number of nitrogens with one attached hydrogen (secondary N) is 2. The molecule has 0 bridgehead atoms. The molecule has 1 heterocycles. The van der Waals surface area contributed by atoms with Crippen molar-refractivity contribution in [2.24, 2.45) is 5.92 Å². The van der Waals surface area contributed by atoms with Crippen molar-refractivity contribution >= 4 is 21.4 Å². The standard InChI is InChI=1S/C19H33N5O4S/c1-15-6-5-10-23(14-15)16(2)13-20-18-8-7-17(12-19(18)24(25)26)29(27,28)21-9-11-22(3)4/h7-8,12,15-16,20-21H,5-6,9-11,13-14H2,1-4H3. The molecule has 1 aliphatic heterocycles. The SMILES string of the molecule is CC1CCCN(C(C)CNc2ccc(S(=O)(=O)NCCN(C)C)cc2[N+](=O)[O-])C1. The monoisotopic (exact) mass is 427 g/mol. The second-order valence-corrected chi connectivity index (χ2v) is 9.88. The maximum absolute atomic E-state index is 12.4. The molecule has 1 aromatic carbocycles. The summed E-state index contributed by atoms with van der Waals surface area (Å²) in [7, 11) is -0.124. The number of nitrogens with zero attached hydrogens (tertiary/aromatic N) is 3. The Bertz CT molecular complexity index is 800. The average Bonchev–Trinajstić information content (AvgIpc) is 2.65. The Balaban J connectivity index is 2.08. The molecule has 2 N–H and O–H groups in total. The van der Waals surface area contributed by atoms with Crippen molar-refractivity contribution in [3.8, 4) is 0 Å². The van der Waals surface area contributed by atoms with Crippen LogP contribution >= 0.6 is 0 Å². The third kappa shape index (κ3) is 6.91. The van der Waals surface area contributed by atoms with Gasteiger partial charge in [-0.05, 0) is 58.5 Å². The van der Waals surface area contributed by atoms with Crippen molar-refractivity contribution in [3.05, 3.63) is 28.3 Å². The number of rotatable bonds is 10. The highest BCUT2D eigenvalue weighted by atomic mass is 32.2. The van der Waals surface area contributed by atoms with Gasteiger partial charge in [0.05, 0.1) is 9.82 Å². The first kappa shape index (κ1) is 23.5. The van der Waals surface area contributed by atoms with Gasteiger partial charge in [-0.3, -0.25) is 15.0 Å². The zero-order valence-corrected chi connectivity index (χ0v) is 18.5. The molecular formula is C19H33N5O4S. The summed E-state index contributed by atoms with van der Waals surface area (Å²) in [6, 6.07) is 4.23. The quantitative estimate of drug-likeness (QED) is 0.434. The van der Waals surface area contributed by atoms with E-state index in [-0.39, 0.29) is 23.2 Å². The molecule has 2 unspecified atom stereocenters. The van der Waals surface area contributed by atoms with Crippen molar-refractivity contribution in [1.29, 1.82) is 0 Å². The van der Waals surface area contributed by atoms with Gasteiger partial charge in [-0.25, -0.2) is 13.1 Å². The molecule has 164 valence electrons. The van der Waals surface area contributed by atoms with Crippen molar-refractivity contribution in [2.75, 3.05) is 52.1 Å². The lowest BCUT2D eigenvalue weighted by molar-refractivity contribution is -0.384. The molecular weight excluding hydrogens is 394 g/mol. The molecule has 2 rings (SSSR count). The van der Waals surface area contributed by atoms with Crippen LogP contribution in [0.2, 0.25) is 0 Å². The van der Waals surface area contributed by atoms with Crippen LogP contribution in [0.4, 0.5) is 11.4 Å². The first-order valence-corrected chi connectivity index (χ1v) is 11.5. The minimum Gasteiger partial charge on any atom is -0.378 e. The predicted molar refractivity (Wildman–Crippen MR) is 115 cm³/mol. The lowest BCUT2D eigenvalue weighted by Gasteiger charge is -2.35. The number of nitro benzene ring substituents is 1. The number of nitro groups is 1. The lowest BCUT2D eigenvalue weighted by atomic mass is 9.99. The third-order valence-corrected chi connectivity index (χ3v) is 6.69. The van der Waals surface area contributed by atoms with Crippen LogP contribution in [-0.4, -0.2) is 76.0 Å². The van der Waals surface area contributed by atoms with Crippen LogP contribution in [0.5, 0.6) is 0 Å². The zero-order valence-electron chi connectivity index (χ0n) is 17.7. The molecule has 29 heavy (non-hydrogen) atoms. The Morgan fingerprint density at radius 2 is 2.10 bits per heavy atom. The Hall–Kier alpha value is -1.75. The molecule has 0 aromatic heterocycles. The molecule has 9 nitrogen and oxygen atoms in total. The molecule has 1 fully saturated rings. The number of benzene rings is 1. The predicted octanol–water partition coefficient (Wildman–Crippen LogP) is 1.97. The molecule has 2 atom stereocenters. The Morgan fingerprint density at radius 3 is 2.72 bits per heavy atom. The maximum Gasteiger partial charge on any atom is 0.293 e. The minimum atomic E-state index is -3.80. The number of sulfonamides is 1. The summed E-state index contributed by atoms with van der Waals surface area (Å²) < 4.78 is 27.3. The van der Waals surface area contributed by atoms with Crippen LogP contribution in [0.3, 0.4) is 0 Å². The summed E-state index contributed by atoms with van der Waals surface area (Å²) in [5.74, 6) is 0.657. The van der Waals surface area contributed by atoms with Crippen LogP contribution in [0.15, 0.2) is 23.1 Å². The van der Waals surface area contributed by atoms with E-state index in [4.69, 9.17) is 0 Å². The first-order chi connectivity index (χ1) is 13.6. The average molecular weight is 428 g/mol. The third-order valence-electron chi connectivity index (χ3n) is 5.23. The summed E-state index contributed by atoms with van der Waals surface area (Å²) in [5.41, 5.74) is 0.0962. The van der Waals surface area contributed by atoms with E-state index in [1.54, 1.807) is 0 Å².